The zero-order chi connectivity index (χ0) is 64.1. The van der Waals surface area contributed by atoms with Crippen LogP contribution in [0, 0.1) is 0 Å². The zero-order valence-electron chi connectivity index (χ0n) is 58.5. The van der Waals surface area contributed by atoms with Crippen molar-refractivity contribution in [3.63, 3.8) is 0 Å². The molecule has 0 fully saturated rings. The van der Waals surface area contributed by atoms with Crippen molar-refractivity contribution in [2.75, 3.05) is 47.5 Å². The molecule has 9 nitrogen and oxygen atoms in total. The van der Waals surface area contributed by atoms with Crippen LogP contribution in [-0.2, 0) is 32.7 Å². The molecule has 10 heteroatoms. The number of carbonyl (C=O) groups is 2. The first kappa shape index (κ1) is 85.2. The van der Waals surface area contributed by atoms with Crippen LogP contribution >= 0.6 is 7.82 Å². The molecule has 0 heterocycles. The van der Waals surface area contributed by atoms with E-state index in [1.807, 2.05) is 21.1 Å². The second kappa shape index (κ2) is 68.6. The molecule has 0 aromatic carbocycles. The molecule has 0 bridgehead atoms. The Morgan fingerprint density at radius 2 is 0.648 bits per heavy atom. The van der Waals surface area contributed by atoms with Gasteiger partial charge in [0.25, 0.3) is 0 Å². The van der Waals surface area contributed by atoms with Crippen LogP contribution in [0.2, 0.25) is 0 Å². The number of rotatable bonds is 69. The fraction of sp³-hybridized carbons (Fsp3) is 0.795. The summed E-state index contributed by atoms with van der Waals surface area (Å²) < 4.78 is 34.8. The van der Waals surface area contributed by atoms with Gasteiger partial charge in [-0.05, 0) is 89.9 Å². The highest BCUT2D eigenvalue weighted by Gasteiger charge is 2.27. The van der Waals surface area contributed by atoms with E-state index in [2.05, 4.69) is 98.9 Å². The van der Waals surface area contributed by atoms with E-state index in [1.54, 1.807) is 0 Å². The van der Waals surface area contributed by atoms with Gasteiger partial charge in [-0.25, -0.2) is 4.57 Å². The lowest BCUT2D eigenvalue weighted by Crippen LogP contribution is -2.37. The summed E-state index contributed by atoms with van der Waals surface area (Å²) in [5.41, 5.74) is 0. The summed E-state index contributed by atoms with van der Waals surface area (Å²) in [6.45, 7) is 4.37. The Bertz CT molecular complexity index is 1760. The van der Waals surface area contributed by atoms with Crippen molar-refractivity contribution in [1.29, 1.82) is 0 Å². The predicted molar refractivity (Wildman–Crippen MR) is 381 cm³/mol. The Balaban J connectivity index is 3.99. The third-order valence-corrected chi connectivity index (χ3v) is 17.4. The first-order chi connectivity index (χ1) is 43.0. The number of phosphoric ester groups is 1. The predicted octanol–water partition coefficient (Wildman–Crippen LogP) is 24.5. The molecular formula is C78H143NO8P+. The van der Waals surface area contributed by atoms with Gasteiger partial charge in [0.2, 0.25) is 0 Å². The molecule has 0 rings (SSSR count). The van der Waals surface area contributed by atoms with Crippen molar-refractivity contribution < 1.29 is 42.1 Å². The van der Waals surface area contributed by atoms with E-state index in [0.717, 1.165) is 70.6 Å². The number of allylic oxidation sites excluding steroid dienone is 14. The maximum atomic E-state index is 12.9. The van der Waals surface area contributed by atoms with E-state index in [1.165, 1.54) is 244 Å². The topological polar surface area (TPSA) is 108 Å². The monoisotopic (exact) mass is 1250 g/mol. The molecule has 0 aromatic heterocycles. The van der Waals surface area contributed by atoms with Gasteiger partial charge >= 0.3 is 19.8 Å². The highest BCUT2D eigenvalue weighted by Crippen LogP contribution is 2.43. The van der Waals surface area contributed by atoms with Crippen molar-refractivity contribution in [3.8, 4) is 0 Å². The van der Waals surface area contributed by atoms with Crippen LogP contribution in [0.3, 0.4) is 0 Å². The minimum atomic E-state index is -4.39. The molecule has 1 N–H and O–H groups in total. The van der Waals surface area contributed by atoms with Gasteiger partial charge in [-0.2, -0.15) is 0 Å². The highest BCUT2D eigenvalue weighted by atomic mass is 31.2. The van der Waals surface area contributed by atoms with Gasteiger partial charge in [0.05, 0.1) is 27.7 Å². The van der Waals surface area contributed by atoms with Gasteiger partial charge < -0.3 is 18.9 Å². The molecular weight excluding hydrogens is 1110 g/mol. The third-order valence-electron chi connectivity index (χ3n) is 16.4. The Hall–Kier alpha value is -2.81. The van der Waals surface area contributed by atoms with E-state index in [4.69, 9.17) is 18.5 Å². The number of quaternary nitrogens is 1. The summed E-state index contributed by atoms with van der Waals surface area (Å²) in [6.07, 6.45) is 94.2. The third kappa shape index (κ3) is 72.3. The largest absolute Gasteiger partial charge is 0.472 e. The standard InChI is InChI=1S/C78H142NO8P/c1-6-8-10-12-14-16-18-20-22-24-26-28-30-32-34-36-37-38-39-40-41-43-45-47-49-51-53-55-57-59-61-63-65-67-69-71-78(81)87-76(75-86-88(82,83)85-73-72-79(3,4)5)74-84-77(80)70-68-66-64-62-60-58-56-54-52-50-48-46-44-42-35-33-31-29-27-25-23-21-19-17-15-13-11-9-7-2/h8,10,14,16,20,22,25-28,32,34,37-38,76H,6-7,9,11-13,15,17-19,21,23-24,29-31,33,35-36,39-75H2,1-5H3/p+1/b10-8-,16-14-,22-20-,27-25-,28-26-,34-32-,38-37-. The smallest absolute Gasteiger partial charge is 0.462 e. The van der Waals surface area contributed by atoms with Crippen molar-refractivity contribution in [2.45, 2.75) is 354 Å². The Morgan fingerprint density at radius 3 is 0.977 bits per heavy atom. The molecule has 0 spiro atoms. The number of phosphoric acid groups is 1. The van der Waals surface area contributed by atoms with Gasteiger partial charge in [0.1, 0.15) is 19.8 Å². The average Bonchev–Trinajstić information content (AvgIpc) is 3.57. The van der Waals surface area contributed by atoms with E-state index < -0.39 is 26.5 Å². The SMILES string of the molecule is CC/C=C\C/C=C\C/C=C\C/C=C\C/C=C\C/C=C\CCCCCCCCCCCCCCCCCCC(=O)OC(COC(=O)CCCCCCCCCCCCCCCCCCC/C=C\CCCCCCCCCC)COP(=O)(O)OCC[N+](C)(C)C. The zero-order valence-corrected chi connectivity index (χ0v) is 59.4. The molecule has 512 valence electrons. The summed E-state index contributed by atoms with van der Waals surface area (Å²) in [4.78, 5) is 35.9. The van der Waals surface area contributed by atoms with Crippen LogP contribution in [0.5, 0.6) is 0 Å². The summed E-state index contributed by atoms with van der Waals surface area (Å²) in [6, 6.07) is 0. The molecule has 0 saturated heterocycles. The van der Waals surface area contributed by atoms with Gasteiger partial charge in [-0.3, -0.25) is 18.6 Å². The van der Waals surface area contributed by atoms with E-state index in [0.29, 0.717) is 23.9 Å². The van der Waals surface area contributed by atoms with Crippen LogP contribution in [-0.4, -0.2) is 74.9 Å². The minimum Gasteiger partial charge on any atom is -0.462 e. The maximum absolute atomic E-state index is 12.9. The normalized spacial score (nSPS) is 13.6. The average molecular weight is 1250 g/mol. The van der Waals surface area contributed by atoms with Crippen LogP contribution in [0.25, 0.3) is 0 Å². The first-order valence-electron chi connectivity index (χ1n) is 37.3. The van der Waals surface area contributed by atoms with Crippen LogP contribution in [0.4, 0.5) is 0 Å². The lowest BCUT2D eigenvalue weighted by molar-refractivity contribution is -0.870. The van der Waals surface area contributed by atoms with Crippen LogP contribution in [0.1, 0.15) is 348 Å². The second-order valence-electron chi connectivity index (χ2n) is 26.3. The maximum Gasteiger partial charge on any atom is 0.472 e. The van der Waals surface area contributed by atoms with Crippen molar-refractivity contribution >= 4 is 19.8 Å². The van der Waals surface area contributed by atoms with Gasteiger partial charge in [-0.15, -0.1) is 0 Å². The number of unbranched alkanes of at least 4 members (excludes halogenated alkanes) is 41. The molecule has 2 unspecified atom stereocenters. The molecule has 2 atom stereocenters. The molecule has 0 aromatic rings. The van der Waals surface area contributed by atoms with E-state index >= 15 is 0 Å². The van der Waals surface area contributed by atoms with Gasteiger partial charge in [0.15, 0.2) is 6.10 Å². The number of nitrogens with zero attached hydrogens (tertiary/aromatic N) is 1. The Labute approximate surface area is 545 Å². The van der Waals surface area contributed by atoms with Crippen molar-refractivity contribution in [3.05, 3.63) is 85.1 Å². The molecule has 0 saturated carbocycles. The van der Waals surface area contributed by atoms with E-state index in [9.17, 15) is 19.0 Å². The lowest BCUT2D eigenvalue weighted by atomic mass is 10.0. The van der Waals surface area contributed by atoms with E-state index in [-0.39, 0.29) is 25.6 Å². The summed E-state index contributed by atoms with van der Waals surface area (Å²) in [7, 11) is 1.49. The fourth-order valence-electron chi connectivity index (χ4n) is 10.7. The molecule has 0 amide bonds. The summed E-state index contributed by atoms with van der Waals surface area (Å²) in [5, 5.41) is 0. The van der Waals surface area contributed by atoms with Crippen LogP contribution in [0.15, 0.2) is 85.1 Å². The quantitative estimate of drug-likeness (QED) is 0.0211. The summed E-state index contributed by atoms with van der Waals surface area (Å²) >= 11 is 0. The molecule has 0 radical (unpaired) electrons. The number of carbonyl (C=O) groups excluding carboxylic acids is 2. The number of hydrogen-bond donors (Lipinski definition) is 1. The van der Waals surface area contributed by atoms with Gasteiger partial charge in [0, 0.05) is 12.8 Å². The number of ether oxygens (including phenoxy) is 2. The minimum absolute atomic E-state index is 0.0315. The lowest BCUT2D eigenvalue weighted by Gasteiger charge is -2.24. The molecule has 88 heavy (non-hydrogen) atoms. The van der Waals surface area contributed by atoms with Gasteiger partial charge in [-0.1, -0.05) is 330 Å². The molecule has 0 aliphatic rings. The first-order valence-corrected chi connectivity index (χ1v) is 38.8. The molecule has 0 aliphatic heterocycles. The van der Waals surface area contributed by atoms with Crippen molar-refractivity contribution in [2.24, 2.45) is 0 Å². The fourth-order valence-corrected chi connectivity index (χ4v) is 11.5. The Morgan fingerprint density at radius 1 is 0.364 bits per heavy atom. The van der Waals surface area contributed by atoms with Crippen LogP contribution < -0.4 is 0 Å². The highest BCUT2D eigenvalue weighted by molar-refractivity contribution is 7.47. The Kier molecular flexibility index (Phi) is 66.4. The number of esters is 2. The number of likely N-dealkylation sites (N-methyl/N-ethyl adjacent to an activating group) is 1. The summed E-state index contributed by atoms with van der Waals surface area (Å²) in [5.74, 6) is -0.782. The number of hydrogen-bond acceptors (Lipinski definition) is 7. The molecule has 0 aliphatic carbocycles. The van der Waals surface area contributed by atoms with Crippen molar-refractivity contribution in [1.82, 2.24) is 0 Å². The second-order valence-corrected chi connectivity index (χ2v) is 27.8.